The van der Waals surface area contributed by atoms with Gasteiger partial charge >= 0.3 is 0 Å². The lowest BCUT2D eigenvalue weighted by Gasteiger charge is -2.45. The second kappa shape index (κ2) is 5.97. The quantitative estimate of drug-likeness (QED) is 0.790. The molecule has 0 saturated carbocycles. The molecule has 4 nitrogen and oxygen atoms in total. The molecule has 3 rings (SSSR count). The molecular weight excluding hydrogens is 322 g/mol. The van der Waals surface area contributed by atoms with Crippen molar-refractivity contribution >= 4 is 15.8 Å². The van der Waals surface area contributed by atoms with E-state index in [0.29, 0.717) is 37.2 Å². The van der Waals surface area contributed by atoms with Gasteiger partial charge in [0.2, 0.25) is 10.0 Å². The van der Waals surface area contributed by atoms with Crippen LogP contribution in [0.3, 0.4) is 0 Å². The van der Waals surface area contributed by atoms with Crippen LogP contribution < -0.4 is 0 Å². The molecule has 0 bridgehead atoms. The Morgan fingerprint density at radius 2 is 1.83 bits per heavy atom. The minimum absolute atomic E-state index is 0.178. The third kappa shape index (κ3) is 2.66. The van der Waals surface area contributed by atoms with Crippen LogP contribution in [0, 0.1) is 12.3 Å². The maximum absolute atomic E-state index is 13.0. The summed E-state index contributed by atoms with van der Waals surface area (Å²) in [7, 11) is -3.53. The molecule has 0 aromatic heterocycles. The molecule has 1 saturated heterocycles. The van der Waals surface area contributed by atoms with Crippen LogP contribution in [0.5, 0.6) is 0 Å². The summed E-state index contributed by atoms with van der Waals surface area (Å²) in [5.41, 5.74) is 2.49. The van der Waals surface area contributed by atoms with Gasteiger partial charge in [-0.2, -0.15) is 4.31 Å². The highest BCUT2D eigenvalue weighted by molar-refractivity contribution is 7.89. The molecule has 0 spiro atoms. The van der Waals surface area contributed by atoms with E-state index in [1.807, 2.05) is 32.1 Å². The minimum Gasteiger partial charge on any atom is -0.295 e. The fourth-order valence-electron chi connectivity index (χ4n) is 3.81. The smallest absolute Gasteiger partial charge is 0.243 e. The number of aryl methyl sites for hydroxylation is 1. The van der Waals surface area contributed by atoms with Gasteiger partial charge in [0.25, 0.3) is 0 Å². The highest BCUT2D eigenvalue weighted by Gasteiger charge is 2.44. The second-order valence-electron chi connectivity index (χ2n) is 6.79. The molecule has 1 aromatic rings. The van der Waals surface area contributed by atoms with Crippen LogP contribution in [-0.2, 0) is 14.8 Å². The predicted octanol–water partition coefficient (Wildman–Crippen LogP) is 3.24. The summed E-state index contributed by atoms with van der Waals surface area (Å²) >= 11 is 0. The molecule has 0 radical (unpaired) electrons. The maximum atomic E-state index is 13.0. The molecule has 1 aliphatic heterocycles. The molecule has 0 N–H and O–H groups in total. The zero-order valence-corrected chi connectivity index (χ0v) is 15.0. The Bertz CT molecular complexity index is 821. The average molecular weight is 345 g/mol. The van der Waals surface area contributed by atoms with Crippen LogP contribution in [0.1, 0.15) is 31.7 Å². The fraction of sp³-hybridized carbons (Fsp3) is 0.421. The third-order valence-corrected chi connectivity index (χ3v) is 7.25. The molecule has 1 fully saturated rings. The van der Waals surface area contributed by atoms with Crippen molar-refractivity contribution in [3.05, 3.63) is 53.6 Å². The fourth-order valence-corrected chi connectivity index (χ4v) is 5.32. The summed E-state index contributed by atoms with van der Waals surface area (Å²) < 4.78 is 27.5. The van der Waals surface area contributed by atoms with Crippen molar-refractivity contribution in [2.75, 3.05) is 13.1 Å². The number of nitrogens with zero attached hydrogens (tertiary/aromatic N) is 1. The Kier molecular flexibility index (Phi) is 4.26. The van der Waals surface area contributed by atoms with Gasteiger partial charge in [-0.05, 0) is 44.4 Å². The predicted molar refractivity (Wildman–Crippen MR) is 94.1 cm³/mol. The molecule has 1 heterocycles. The molecule has 1 aromatic carbocycles. The molecule has 24 heavy (non-hydrogen) atoms. The highest BCUT2D eigenvalue weighted by Crippen LogP contribution is 2.46. The van der Waals surface area contributed by atoms with E-state index < -0.39 is 15.4 Å². The number of ketones is 1. The molecule has 5 heteroatoms. The number of piperidine rings is 1. The van der Waals surface area contributed by atoms with Crippen molar-refractivity contribution in [1.82, 2.24) is 4.31 Å². The molecule has 1 aliphatic carbocycles. The lowest BCUT2D eigenvalue weighted by atomic mass is 9.67. The summed E-state index contributed by atoms with van der Waals surface area (Å²) in [5.74, 6) is 0.178. The van der Waals surface area contributed by atoms with E-state index in [-0.39, 0.29) is 5.78 Å². The number of fused-ring (bicyclic) bond motifs is 1. The van der Waals surface area contributed by atoms with Crippen molar-refractivity contribution in [2.24, 2.45) is 5.41 Å². The van der Waals surface area contributed by atoms with E-state index in [1.165, 1.54) is 0 Å². The molecular formula is C19H23NO3S. The topological polar surface area (TPSA) is 54.5 Å². The van der Waals surface area contributed by atoms with E-state index >= 15 is 0 Å². The first-order valence-corrected chi connectivity index (χ1v) is 9.68. The van der Waals surface area contributed by atoms with Crippen molar-refractivity contribution in [2.45, 2.75) is 38.0 Å². The van der Waals surface area contributed by atoms with Gasteiger partial charge in [-0.15, -0.1) is 6.58 Å². The Labute approximate surface area is 143 Å². The van der Waals surface area contributed by atoms with E-state index in [4.69, 9.17) is 0 Å². The van der Waals surface area contributed by atoms with Crippen molar-refractivity contribution in [3.8, 4) is 0 Å². The third-order valence-electron chi connectivity index (χ3n) is 5.39. The Morgan fingerprint density at radius 1 is 1.17 bits per heavy atom. The van der Waals surface area contributed by atoms with Crippen LogP contribution in [-0.4, -0.2) is 31.6 Å². The largest absolute Gasteiger partial charge is 0.295 e. The number of carbonyl (C=O) groups is 1. The van der Waals surface area contributed by atoms with Gasteiger partial charge in [-0.25, -0.2) is 8.42 Å². The summed E-state index contributed by atoms with van der Waals surface area (Å²) in [5, 5.41) is 0. The number of Topliss-reactive ketones (excluding diaryl/α,β-unsaturated/α-hetero) is 1. The Hall–Kier alpha value is -1.72. The number of hydrogen-bond donors (Lipinski definition) is 0. The van der Waals surface area contributed by atoms with Gasteiger partial charge < -0.3 is 0 Å². The summed E-state index contributed by atoms with van der Waals surface area (Å²) in [6.45, 7) is 8.52. The van der Waals surface area contributed by atoms with E-state index in [0.717, 1.165) is 16.7 Å². The van der Waals surface area contributed by atoms with Gasteiger partial charge in [-0.1, -0.05) is 29.3 Å². The molecule has 0 amide bonds. The number of carbonyl (C=O) groups excluding carboxylic acids is 1. The van der Waals surface area contributed by atoms with Crippen molar-refractivity contribution in [3.63, 3.8) is 0 Å². The SMILES string of the molecule is C=CC12CCC(=O)C(C)=C1CCN(S(=O)(=O)c1ccc(C)cc1)C2. The Balaban J connectivity index is 1.97. The molecule has 128 valence electrons. The maximum Gasteiger partial charge on any atom is 0.243 e. The second-order valence-corrected chi connectivity index (χ2v) is 8.73. The highest BCUT2D eigenvalue weighted by atomic mass is 32.2. The van der Waals surface area contributed by atoms with Gasteiger partial charge in [0, 0.05) is 24.9 Å². The van der Waals surface area contributed by atoms with Crippen LogP contribution in [0.4, 0.5) is 0 Å². The average Bonchev–Trinajstić information content (AvgIpc) is 2.58. The van der Waals surface area contributed by atoms with Crippen LogP contribution >= 0.6 is 0 Å². The lowest BCUT2D eigenvalue weighted by Crippen LogP contribution is -2.48. The number of rotatable bonds is 3. The first kappa shape index (κ1) is 17.1. The summed E-state index contributed by atoms with van der Waals surface area (Å²) in [6, 6.07) is 6.95. The van der Waals surface area contributed by atoms with Crippen LogP contribution in [0.2, 0.25) is 0 Å². The van der Waals surface area contributed by atoms with Gasteiger partial charge in [0.05, 0.1) is 4.90 Å². The minimum atomic E-state index is -3.53. The van der Waals surface area contributed by atoms with E-state index in [1.54, 1.807) is 16.4 Å². The number of sulfonamides is 1. The van der Waals surface area contributed by atoms with E-state index in [2.05, 4.69) is 6.58 Å². The van der Waals surface area contributed by atoms with Gasteiger partial charge in [0.1, 0.15) is 0 Å². The lowest BCUT2D eigenvalue weighted by molar-refractivity contribution is -0.116. The summed E-state index contributed by atoms with van der Waals surface area (Å²) in [4.78, 5) is 12.3. The van der Waals surface area contributed by atoms with Crippen molar-refractivity contribution < 1.29 is 13.2 Å². The molecule has 1 atom stereocenters. The molecule has 1 unspecified atom stereocenters. The standard InChI is InChI=1S/C19H23NO3S/c1-4-19-11-9-18(21)15(3)17(19)10-12-20(13-19)24(22,23)16-7-5-14(2)6-8-16/h4-8H,1,9-13H2,2-3H3. The zero-order valence-electron chi connectivity index (χ0n) is 14.2. The van der Waals surface area contributed by atoms with Crippen LogP contribution in [0.15, 0.2) is 53.0 Å². The summed E-state index contributed by atoms with van der Waals surface area (Å²) in [6.07, 6.45) is 3.53. The number of benzene rings is 1. The van der Waals surface area contributed by atoms with E-state index in [9.17, 15) is 13.2 Å². The van der Waals surface area contributed by atoms with Gasteiger partial charge in [-0.3, -0.25) is 4.79 Å². The number of hydrogen-bond acceptors (Lipinski definition) is 3. The Morgan fingerprint density at radius 3 is 2.46 bits per heavy atom. The zero-order chi connectivity index (χ0) is 17.5. The normalized spacial score (nSPS) is 25.5. The first-order chi connectivity index (χ1) is 11.3. The van der Waals surface area contributed by atoms with Crippen molar-refractivity contribution in [1.29, 1.82) is 0 Å². The monoisotopic (exact) mass is 345 g/mol. The number of allylic oxidation sites excluding steroid dienone is 1. The van der Waals surface area contributed by atoms with Crippen LogP contribution in [0.25, 0.3) is 0 Å². The molecule has 2 aliphatic rings. The first-order valence-electron chi connectivity index (χ1n) is 8.24. The van der Waals surface area contributed by atoms with Gasteiger partial charge in [0.15, 0.2) is 5.78 Å².